The van der Waals surface area contributed by atoms with E-state index in [9.17, 15) is 4.79 Å². The first kappa shape index (κ1) is 21.9. The number of para-hydroxylation sites is 1. The number of ether oxygens (including phenoxy) is 2. The quantitative estimate of drug-likeness (QED) is 0.267. The van der Waals surface area contributed by atoms with Crippen molar-refractivity contribution in [3.63, 3.8) is 0 Å². The number of rotatable bonds is 7. The third-order valence-electron chi connectivity index (χ3n) is 5.63. The Labute approximate surface area is 202 Å². The molecule has 4 aromatic carbocycles. The second-order valence-electron chi connectivity index (χ2n) is 7.81. The predicted molar refractivity (Wildman–Crippen MR) is 138 cm³/mol. The fraction of sp³-hybridized carbons (Fsp3) is 0.143. The first-order chi connectivity index (χ1) is 16.7. The maximum Gasteiger partial charge on any atom is 0.264 e. The molecule has 0 fully saturated rings. The van der Waals surface area contributed by atoms with Crippen LogP contribution in [0.5, 0.6) is 11.5 Å². The van der Waals surface area contributed by atoms with Crippen molar-refractivity contribution in [1.29, 1.82) is 0 Å². The molecule has 5 aromatic rings. The molecule has 0 saturated carbocycles. The number of anilines is 1. The number of amides is 1. The minimum Gasteiger partial charge on any atom is -0.496 e. The maximum atomic E-state index is 14.0. The number of hydrogen-bond acceptors (Lipinski definition) is 5. The standard InChI is InChI=1S/C28H24N2O3S/c1-3-33-23-14-9-15-25-26(23)29-28(34-25)30(18-19-10-5-4-6-11-19)27(31)22-16-20-12-7-8-13-21(20)17-24(22)32-2/h4-17H,3,18H2,1-2H3. The van der Waals surface area contributed by atoms with Crippen LogP contribution in [0, 0.1) is 0 Å². The average molecular weight is 469 g/mol. The summed E-state index contributed by atoms with van der Waals surface area (Å²) < 4.78 is 12.4. The van der Waals surface area contributed by atoms with Gasteiger partial charge in [-0.2, -0.15) is 0 Å². The number of benzene rings is 4. The van der Waals surface area contributed by atoms with Gasteiger partial charge in [-0.3, -0.25) is 9.69 Å². The van der Waals surface area contributed by atoms with Gasteiger partial charge in [-0.15, -0.1) is 0 Å². The zero-order chi connectivity index (χ0) is 23.5. The van der Waals surface area contributed by atoms with E-state index in [-0.39, 0.29) is 5.91 Å². The van der Waals surface area contributed by atoms with Gasteiger partial charge in [0.25, 0.3) is 5.91 Å². The Morgan fingerprint density at radius 3 is 2.38 bits per heavy atom. The smallest absolute Gasteiger partial charge is 0.264 e. The van der Waals surface area contributed by atoms with E-state index in [1.165, 1.54) is 11.3 Å². The van der Waals surface area contributed by atoms with Crippen LogP contribution in [0.2, 0.25) is 0 Å². The van der Waals surface area contributed by atoms with E-state index in [1.807, 2.05) is 91.9 Å². The van der Waals surface area contributed by atoms with Crippen molar-refractivity contribution in [3.8, 4) is 11.5 Å². The minimum absolute atomic E-state index is 0.163. The van der Waals surface area contributed by atoms with E-state index < -0.39 is 0 Å². The SMILES string of the molecule is CCOc1cccc2sc(N(Cc3ccccc3)C(=O)c3cc4ccccc4cc3OC)nc12. The van der Waals surface area contributed by atoms with Gasteiger partial charge in [-0.1, -0.05) is 72.0 Å². The maximum absolute atomic E-state index is 14.0. The Kier molecular flexibility index (Phi) is 6.14. The van der Waals surface area contributed by atoms with Gasteiger partial charge in [-0.05, 0) is 47.5 Å². The van der Waals surface area contributed by atoms with Crippen LogP contribution in [-0.4, -0.2) is 24.6 Å². The summed E-state index contributed by atoms with van der Waals surface area (Å²) in [6.45, 7) is 2.88. The Morgan fingerprint density at radius 2 is 1.65 bits per heavy atom. The van der Waals surface area contributed by atoms with Gasteiger partial charge in [0.2, 0.25) is 0 Å². The molecule has 34 heavy (non-hydrogen) atoms. The lowest BCUT2D eigenvalue weighted by Crippen LogP contribution is -2.30. The highest BCUT2D eigenvalue weighted by Crippen LogP contribution is 2.36. The van der Waals surface area contributed by atoms with Crippen LogP contribution in [0.4, 0.5) is 5.13 Å². The first-order valence-electron chi connectivity index (χ1n) is 11.1. The molecule has 1 aromatic heterocycles. The zero-order valence-electron chi connectivity index (χ0n) is 19.0. The van der Waals surface area contributed by atoms with Gasteiger partial charge in [0.1, 0.15) is 17.0 Å². The lowest BCUT2D eigenvalue weighted by Gasteiger charge is -2.21. The Bertz CT molecular complexity index is 1460. The molecule has 1 heterocycles. The molecular formula is C28H24N2O3S. The number of hydrogen-bond donors (Lipinski definition) is 0. The molecule has 0 aliphatic rings. The fourth-order valence-electron chi connectivity index (χ4n) is 3.99. The summed E-state index contributed by atoms with van der Waals surface area (Å²) >= 11 is 1.48. The van der Waals surface area contributed by atoms with Crippen molar-refractivity contribution in [3.05, 3.63) is 96.1 Å². The van der Waals surface area contributed by atoms with Crippen LogP contribution < -0.4 is 14.4 Å². The third-order valence-corrected chi connectivity index (χ3v) is 6.67. The molecule has 6 heteroatoms. The van der Waals surface area contributed by atoms with E-state index in [4.69, 9.17) is 14.5 Å². The molecule has 0 spiro atoms. The molecule has 0 saturated heterocycles. The normalized spacial score (nSPS) is 11.0. The monoisotopic (exact) mass is 468 g/mol. The summed E-state index contributed by atoms with van der Waals surface area (Å²) in [6.07, 6.45) is 0. The molecule has 5 rings (SSSR count). The Morgan fingerprint density at radius 1 is 0.912 bits per heavy atom. The molecule has 0 bridgehead atoms. The van der Waals surface area contributed by atoms with Crippen molar-refractivity contribution < 1.29 is 14.3 Å². The van der Waals surface area contributed by atoms with E-state index in [0.717, 1.165) is 32.3 Å². The molecule has 0 aliphatic carbocycles. The summed E-state index contributed by atoms with van der Waals surface area (Å²) in [7, 11) is 1.59. The van der Waals surface area contributed by atoms with Crippen molar-refractivity contribution >= 4 is 43.4 Å². The van der Waals surface area contributed by atoms with Crippen LogP contribution in [-0.2, 0) is 6.54 Å². The van der Waals surface area contributed by atoms with E-state index >= 15 is 0 Å². The number of nitrogens with zero attached hydrogens (tertiary/aromatic N) is 2. The lowest BCUT2D eigenvalue weighted by atomic mass is 10.0. The molecule has 0 N–H and O–H groups in total. The van der Waals surface area contributed by atoms with Crippen molar-refractivity contribution in [1.82, 2.24) is 4.98 Å². The highest BCUT2D eigenvalue weighted by molar-refractivity contribution is 7.22. The number of carbonyl (C=O) groups is 1. The summed E-state index contributed by atoms with van der Waals surface area (Å²) in [6, 6.07) is 27.5. The Balaban J connectivity index is 1.64. The molecular weight excluding hydrogens is 444 g/mol. The van der Waals surface area contributed by atoms with Gasteiger partial charge in [0.05, 0.1) is 30.5 Å². The van der Waals surface area contributed by atoms with Gasteiger partial charge in [0.15, 0.2) is 5.13 Å². The van der Waals surface area contributed by atoms with E-state index in [0.29, 0.717) is 29.6 Å². The molecule has 5 nitrogen and oxygen atoms in total. The Hall–Kier alpha value is -3.90. The molecule has 0 aliphatic heterocycles. The van der Waals surface area contributed by atoms with Crippen molar-refractivity contribution in [2.45, 2.75) is 13.5 Å². The van der Waals surface area contributed by atoms with Crippen LogP contribution in [0.25, 0.3) is 21.0 Å². The number of methoxy groups -OCH3 is 1. The van der Waals surface area contributed by atoms with Crippen LogP contribution >= 0.6 is 11.3 Å². The largest absolute Gasteiger partial charge is 0.496 e. The summed E-state index contributed by atoms with van der Waals surface area (Å²) in [5.41, 5.74) is 2.28. The minimum atomic E-state index is -0.163. The predicted octanol–water partition coefficient (Wildman–Crippen LogP) is 6.70. The van der Waals surface area contributed by atoms with Gasteiger partial charge in [0, 0.05) is 0 Å². The highest BCUT2D eigenvalue weighted by atomic mass is 32.1. The number of thiazole rings is 1. The number of aromatic nitrogens is 1. The van der Waals surface area contributed by atoms with Gasteiger partial charge in [-0.25, -0.2) is 4.98 Å². The first-order valence-corrected chi connectivity index (χ1v) is 11.9. The molecule has 1 amide bonds. The topological polar surface area (TPSA) is 51.7 Å². The molecule has 0 radical (unpaired) electrons. The molecule has 170 valence electrons. The number of fused-ring (bicyclic) bond motifs is 2. The van der Waals surface area contributed by atoms with E-state index in [2.05, 4.69) is 0 Å². The lowest BCUT2D eigenvalue weighted by molar-refractivity contribution is 0.0982. The van der Waals surface area contributed by atoms with Crippen molar-refractivity contribution in [2.24, 2.45) is 0 Å². The zero-order valence-corrected chi connectivity index (χ0v) is 19.8. The van der Waals surface area contributed by atoms with E-state index in [1.54, 1.807) is 12.0 Å². The van der Waals surface area contributed by atoms with Gasteiger partial charge >= 0.3 is 0 Å². The average Bonchev–Trinajstić information content (AvgIpc) is 3.32. The van der Waals surface area contributed by atoms with Crippen LogP contribution in [0.1, 0.15) is 22.8 Å². The summed E-state index contributed by atoms with van der Waals surface area (Å²) in [5.74, 6) is 1.10. The van der Waals surface area contributed by atoms with Gasteiger partial charge < -0.3 is 9.47 Å². The molecule has 0 atom stereocenters. The summed E-state index contributed by atoms with van der Waals surface area (Å²) in [4.78, 5) is 20.6. The second kappa shape index (κ2) is 9.53. The van der Waals surface area contributed by atoms with Crippen LogP contribution in [0.3, 0.4) is 0 Å². The third kappa shape index (κ3) is 4.20. The molecule has 0 unspecified atom stereocenters. The second-order valence-corrected chi connectivity index (χ2v) is 8.82. The summed E-state index contributed by atoms with van der Waals surface area (Å²) in [5, 5.41) is 2.62. The van der Waals surface area contributed by atoms with Crippen molar-refractivity contribution in [2.75, 3.05) is 18.6 Å². The van der Waals surface area contributed by atoms with Crippen LogP contribution in [0.15, 0.2) is 84.9 Å². The highest BCUT2D eigenvalue weighted by Gasteiger charge is 2.25. The fourth-order valence-corrected chi connectivity index (χ4v) is 4.97. The number of carbonyl (C=O) groups excluding carboxylic acids is 1.